The van der Waals surface area contributed by atoms with E-state index in [9.17, 15) is 9.59 Å². The number of fused-ring (bicyclic) bond motifs is 3. The zero-order valence-corrected chi connectivity index (χ0v) is 25.6. The van der Waals surface area contributed by atoms with Crippen molar-refractivity contribution in [1.82, 2.24) is 25.8 Å². The Bertz CT molecular complexity index is 1130. The number of hydrogen-bond donors (Lipinski definition) is 3. The molecule has 226 valence electrons. The lowest BCUT2D eigenvalue weighted by atomic mass is 9.82. The minimum absolute atomic E-state index is 0. The molecule has 4 heterocycles. The Morgan fingerprint density at radius 1 is 1.05 bits per heavy atom. The van der Waals surface area contributed by atoms with E-state index in [1.54, 1.807) is 12.4 Å². The number of aromatic nitrogens is 1. The van der Waals surface area contributed by atoms with Gasteiger partial charge in [-0.15, -0.1) is 37.2 Å². The normalized spacial score (nSPS) is 20.7. The van der Waals surface area contributed by atoms with Crippen molar-refractivity contribution < 1.29 is 14.3 Å². The van der Waals surface area contributed by atoms with E-state index in [0.717, 1.165) is 49.5 Å². The highest BCUT2D eigenvalue weighted by Crippen LogP contribution is 2.29. The molecule has 0 spiro atoms. The number of piperidine rings is 1. The van der Waals surface area contributed by atoms with Crippen LogP contribution in [0.25, 0.3) is 0 Å². The van der Waals surface area contributed by atoms with E-state index in [0.29, 0.717) is 39.2 Å². The molecule has 9 nitrogen and oxygen atoms in total. The van der Waals surface area contributed by atoms with Gasteiger partial charge in [0.1, 0.15) is 12.4 Å². The highest BCUT2D eigenvalue weighted by molar-refractivity contribution is 5.86. The number of carbonyl (C=O) groups excluding carboxylic acids is 2. The van der Waals surface area contributed by atoms with Crippen LogP contribution in [0.5, 0.6) is 5.75 Å². The number of anilines is 1. The number of piperazine rings is 1. The zero-order chi connectivity index (χ0) is 26.2. The predicted octanol–water partition coefficient (Wildman–Crippen LogP) is 2.97. The Labute approximate surface area is 261 Å². The molecule has 2 saturated heterocycles. The molecule has 2 bridgehead atoms. The molecule has 1 aromatic heterocycles. The third kappa shape index (κ3) is 9.75. The molecule has 0 radical (unpaired) electrons. The molecule has 3 aliphatic rings. The van der Waals surface area contributed by atoms with Crippen LogP contribution in [-0.4, -0.2) is 74.1 Å². The smallest absolute Gasteiger partial charge is 0.236 e. The van der Waals surface area contributed by atoms with E-state index in [1.165, 1.54) is 5.69 Å². The summed E-state index contributed by atoms with van der Waals surface area (Å²) in [4.78, 5) is 34.2. The SMILES string of the molecule is Cl.Cl.Cl.O=C(C[C@@H]1CCN2C[C@@H]1C=CCOc1ccc(N3CCNCC3)cc1CNCC2=O)NCc1cccnc1. The highest BCUT2D eigenvalue weighted by Gasteiger charge is 2.31. The lowest BCUT2D eigenvalue weighted by Crippen LogP contribution is -2.47. The van der Waals surface area contributed by atoms with E-state index in [4.69, 9.17) is 4.74 Å². The van der Waals surface area contributed by atoms with E-state index in [2.05, 4.69) is 44.0 Å². The molecular formula is C29H41Cl3N6O3. The lowest BCUT2D eigenvalue weighted by molar-refractivity contribution is -0.132. The van der Waals surface area contributed by atoms with Crippen LogP contribution >= 0.6 is 37.2 Å². The molecule has 0 unspecified atom stereocenters. The first-order valence-corrected chi connectivity index (χ1v) is 13.7. The Morgan fingerprint density at radius 2 is 1.88 bits per heavy atom. The maximum Gasteiger partial charge on any atom is 0.236 e. The molecule has 12 heteroatoms. The van der Waals surface area contributed by atoms with Gasteiger partial charge >= 0.3 is 0 Å². The first-order chi connectivity index (χ1) is 18.7. The topological polar surface area (TPSA) is 98.8 Å². The van der Waals surface area contributed by atoms with Crippen LogP contribution in [0.3, 0.4) is 0 Å². The second-order valence-electron chi connectivity index (χ2n) is 10.3. The fourth-order valence-corrected chi connectivity index (χ4v) is 5.49. The van der Waals surface area contributed by atoms with Gasteiger partial charge in [0.2, 0.25) is 11.8 Å². The molecule has 0 saturated carbocycles. The van der Waals surface area contributed by atoms with Crippen LogP contribution in [0.4, 0.5) is 5.69 Å². The van der Waals surface area contributed by atoms with Crippen LogP contribution in [0.2, 0.25) is 0 Å². The van der Waals surface area contributed by atoms with Crippen molar-refractivity contribution in [3.63, 3.8) is 0 Å². The number of carbonyl (C=O) groups is 2. The minimum Gasteiger partial charge on any atom is -0.489 e. The molecule has 1 aromatic carbocycles. The van der Waals surface area contributed by atoms with E-state index < -0.39 is 0 Å². The summed E-state index contributed by atoms with van der Waals surface area (Å²) in [5, 5.41) is 9.76. The maximum absolute atomic E-state index is 13.0. The number of halogens is 3. The summed E-state index contributed by atoms with van der Waals surface area (Å²) in [7, 11) is 0. The first-order valence-electron chi connectivity index (χ1n) is 13.7. The fraction of sp³-hybridized carbons (Fsp3) is 0.483. The zero-order valence-electron chi connectivity index (χ0n) is 23.1. The van der Waals surface area contributed by atoms with Crippen molar-refractivity contribution in [2.24, 2.45) is 11.8 Å². The number of pyridine rings is 1. The van der Waals surface area contributed by atoms with Crippen LogP contribution in [-0.2, 0) is 22.7 Å². The third-order valence-corrected chi connectivity index (χ3v) is 7.66. The van der Waals surface area contributed by atoms with Crippen molar-refractivity contribution in [2.75, 3.05) is 57.3 Å². The van der Waals surface area contributed by atoms with Gasteiger partial charge in [-0.3, -0.25) is 14.6 Å². The summed E-state index contributed by atoms with van der Waals surface area (Å²) in [6, 6.07) is 10.2. The number of hydrogen-bond acceptors (Lipinski definition) is 7. The van der Waals surface area contributed by atoms with Gasteiger partial charge in [-0.25, -0.2) is 0 Å². The lowest BCUT2D eigenvalue weighted by Gasteiger charge is -2.37. The van der Waals surface area contributed by atoms with E-state index in [-0.39, 0.29) is 67.4 Å². The van der Waals surface area contributed by atoms with Crippen LogP contribution in [0, 0.1) is 11.8 Å². The molecule has 2 aromatic rings. The first kappa shape index (κ1) is 34.6. The Kier molecular flexibility index (Phi) is 14.7. The summed E-state index contributed by atoms with van der Waals surface area (Å²) in [5.74, 6) is 1.25. The van der Waals surface area contributed by atoms with Crippen molar-refractivity contribution >= 4 is 54.7 Å². The second kappa shape index (κ2) is 17.4. The molecule has 3 aliphatic heterocycles. The van der Waals surface area contributed by atoms with Gasteiger partial charge in [-0.2, -0.15) is 0 Å². The van der Waals surface area contributed by atoms with Crippen LogP contribution in [0.15, 0.2) is 54.9 Å². The van der Waals surface area contributed by atoms with Gasteiger partial charge < -0.3 is 30.5 Å². The molecule has 41 heavy (non-hydrogen) atoms. The number of nitrogens with one attached hydrogen (secondary N) is 3. The third-order valence-electron chi connectivity index (χ3n) is 7.66. The molecular weight excluding hydrogens is 587 g/mol. The Hall–Kier alpha value is -2.56. The predicted molar refractivity (Wildman–Crippen MR) is 168 cm³/mol. The molecule has 3 N–H and O–H groups in total. The summed E-state index contributed by atoms with van der Waals surface area (Å²) < 4.78 is 6.17. The number of rotatable bonds is 5. The van der Waals surface area contributed by atoms with Gasteiger partial charge in [-0.1, -0.05) is 18.2 Å². The maximum atomic E-state index is 13.0. The molecule has 0 aliphatic carbocycles. The van der Waals surface area contributed by atoms with Crippen molar-refractivity contribution in [2.45, 2.75) is 25.9 Å². The van der Waals surface area contributed by atoms with Gasteiger partial charge in [-0.05, 0) is 48.1 Å². The quantitative estimate of drug-likeness (QED) is 0.439. The number of benzene rings is 1. The molecule has 5 rings (SSSR count). The largest absolute Gasteiger partial charge is 0.489 e. The summed E-state index contributed by atoms with van der Waals surface area (Å²) in [5.41, 5.74) is 3.22. The number of amides is 2. The molecule has 2 amide bonds. The standard InChI is InChI=1S/C29H38N6O3.3ClH/c36-28(33-18-22-3-1-8-31-17-22)16-23-7-11-35-21-24(23)4-2-14-38-27-6-5-26(34-12-9-30-10-13-34)15-25(27)19-32-20-29(35)37;;;/h1-6,8,15,17,23-24,30,32H,7,9-14,16,18-21H2,(H,33,36);3*1H/t23-,24-;;;/m0.../s1. The van der Waals surface area contributed by atoms with Crippen molar-refractivity contribution in [1.29, 1.82) is 0 Å². The molecule has 2 fully saturated rings. The minimum atomic E-state index is 0. The fourth-order valence-electron chi connectivity index (χ4n) is 5.49. The van der Waals surface area contributed by atoms with Crippen molar-refractivity contribution in [3.05, 3.63) is 66.0 Å². The van der Waals surface area contributed by atoms with Gasteiger partial charge in [0.15, 0.2) is 0 Å². The summed E-state index contributed by atoms with van der Waals surface area (Å²) in [6.45, 7) is 6.99. The molecule has 2 atom stereocenters. The summed E-state index contributed by atoms with van der Waals surface area (Å²) in [6.07, 6.45) is 8.91. The van der Waals surface area contributed by atoms with E-state index >= 15 is 0 Å². The van der Waals surface area contributed by atoms with Crippen LogP contribution < -0.4 is 25.6 Å². The van der Waals surface area contributed by atoms with Gasteiger partial charge in [0.05, 0.1) is 6.54 Å². The Morgan fingerprint density at radius 3 is 2.66 bits per heavy atom. The van der Waals surface area contributed by atoms with E-state index in [1.807, 2.05) is 29.2 Å². The number of nitrogens with zero attached hydrogens (tertiary/aromatic N) is 3. The second-order valence-corrected chi connectivity index (χ2v) is 10.3. The average Bonchev–Trinajstić information content (AvgIpc) is 2.97. The van der Waals surface area contributed by atoms with Gasteiger partial charge in [0, 0.05) is 82.4 Å². The number of ether oxygens (including phenoxy) is 1. The van der Waals surface area contributed by atoms with Crippen molar-refractivity contribution in [3.8, 4) is 5.75 Å². The van der Waals surface area contributed by atoms with Crippen LogP contribution in [0.1, 0.15) is 24.0 Å². The Balaban J connectivity index is 0.00000196. The monoisotopic (exact) mass is 626 g/mol. The van der Waals surface area contributed by atoms with Gasteiger partial charge in [0.25, 0.3) is 0 Å². The highest BCUT2D eigenvalue weighted by atomic mass is 35.5. The summed E-state index contributed by atoms with van der Waals surface area (Å²) >= 11 is 0. The average molecular weight is 628 g/mol.